The predicted molar refractivity (Wildman–Crippen MR) is 143 cm³/mol. The molecule has 0 spiro atoms. The maximum absolute atomic E-state index is 13.6. The first-order chi connectivity index (χ1) is 18.7. The highest BCUT2D eigenvalue weighted by Crippen LogP contribution is 2.30. The lowest BCUT2D eigenvalue weighted by Crippen LogP contribution is -2.50. The number of benzene rings is 1. The van der Waals surface area contributed by atoms with Gasteiger partial charge in [-0.1, -0.05) is 58.0 Å². The quantitative estimate of drug-likeness (QED) is 0.232. The number of amides is 2. The van der Waals surface area contributed by atoms with E-state index in [-0.39, 0.29) is 43.5 Å². The number of epoxide rings is 1. The van der Waals surface area contributed by atoms with Gasteiger partial charge in [0.25, 0.3) is 5.91 Å². The zero-order chi connectivity index (χ0) is 30.0. The molecule has 1 aromatic rings. The van der Waals surface area contributed by atoms with Crippen LogP contribution in [0.4, 0.5) is 8.78 Å². The molecule has 224 valence electrons. The van der Waals surface area contributed by atoms with Crippen LogP contribution in [0.2, 0.25) is 0 Å². The second kappa shape index (κ2) is 15.3. The number of aliphatic hydroxyl groups excluding tert-OH is 1. The smallest absolute Gasteiger partial charge is 0.345 e. The van der Waals surface area contributed by atoms with Crippen LogP contribution < -0.4 is 10.6 Å². The number of nitrogens with one attached hydrogen (secondary N) is 2. The Morgan fingerprint density at radius 1 is 0.975 bits per heavy atom. The van der Waals surface area contributed by atoms with Gasteiger partial charge in [0.2, 0.25) is 5.91 Å². The van der Waals surface area contributed by atoms with Crippen molar-refractivity contribution in [3.63, 3.8) is 0 Å². The highest BCUT2D eigenvalue weighted by Gasteiger charge is 2.50. The number of alkyl halides is 2. The summed E-state index contributed by atoms with van der Waals surface area (Å²) in [7, 11) is 0. The van der Waals surface area contributed by atoms with Crippen LogP contribution in [0.3, 0.4) is 0 Å². The van der Waals surface area contributed by atoms with E-state index in [1.54, 1.807) is 6.92 Å². The lowest BCUT2D eigenvalue weighted by atomic mass is 9.88. The Morgan fingerprint density at radius 2 is 1.52 bits per heavy atom. The SMILES string of the molecule is CC(C)C[C@H](NC(=O)[C@@H](O)COC(F)F)C(=O)C[C@@H](Cc1ccccc1)C(=O)N[C@@H](CC(C)C)C(=O)[C@@]1(C)CO1. The molecular formula is C29H42F2N2O7. The monoisotopic (exact) mass is 568 g/mol. The summed E-state index contributed by atoms with van der Waals surface area (Å²) in [5.41, 5.74) is -0.122. The highest BCUT2D eigenvalue weighted by molar-refractivity contribution is 5.98. The highest BCUT2D eigenvalue weighted by atomic mass is 19.3. The number of carbonyl (C=O) groups is 4. The van der Waals surface area contributed by atoms with Gasteiger partial charge >= 0.3 is 6.61 Å². The van der Waals surface area contributed by atoms with E-state index >= 15 is 0 Å². The van der Waals surface area contributed by atoms with Crippen LogP contribution in [0.15, 0.2) is 30.3 Å². The van der Waals surface area contributed by atoms with Gasteiger partial charge in [-0.15, -0.1) is 0 Å². The van der Waals surface area contributed by atoms with Gasteiger partial charge in [-0.05, 0) is 43.6 Å². The third-order valence-corrected chi connectivity index (χ3v) is 6.68. The summed E-state index contributed by atoms with van der Waals surface area (Å²) in [6.07, 6.45) is -1.33. The third-order valence-electron chi connectivity index (χ3n) is 6.68. The van der Waals surface area contributed by atoms with Crippen LogP contribution in [0.1, 0.15) is 59.4 Å². The van der Waals surface area contributed by atoms with Gasteiger partial charge in [0.15, 0.2) is 17.7 Å². The van der Waals surface area contributed by atoms with Gasteiger partial charge in [-0.3, -0.25) is 19.2 Å². The Kier molecular flexibility index (Phi) is 12.8. The van der Waals surface area contributed by atoms with E-state index in [2.05, 4.69) is 15.4 Å². The number of Topliss-reactive ketones (excluding diaryl/α,β-unsaturated/α-hetero) is 2. The molecule has 3 N–H and O–H groups in total. The minimum Gasteiger partial charge on any atom is -0.381 e. The predicted octanol–water partition coefficient (Wildman–Crippen LogP) is 2.82. The molecule has 9 nitrogen and oxygen atoms in total. The molecule has 1 aromatic carbocycles. The molecule has 11 heteroatoms. The molecule has 40 heavy (non-hydrogen) atoms. The fourth-order valence-electron chi connectivity index (χ4n) is 4.40. The van der Waals surface area contributed by atoms with E-state index in [0.29, 0.717) is 6.42 Å². The van der Waals surface area contributed by atoms with Crippen molar-refractivity contribution in [2.45, 2.75) is 90.7 Å². The van der Waals surface area contributed by atoms with Gasteiger partial charge in [-0.25, -0.2) is 0 Å². The number of hydrogen-bond donors (Lipinski definition) is 3. The van der Waals surface area contributed by atoms with E-state index in [0.717, 1.165) is 5.56 Å². The number of carbonyl (C=O) groups excluding carboxylic acids is 4. The molecule has 1 aliphatic heterocycles. The van der Waals surface area contributed by atoms with Crippen LogP contribution in [-0.2, 0) is 35.1 Å². The van der Waals surface area contributed by atoms with E-state index in [4.69, 9.17) is 4.74 Å². The molecule has 0 saturated carbocycles. The zero-order valence-corrected chi connectivity index (χ0v) is 23.8. The Bertz CT molecular complexity index is 999. The summed E-state index contributed by atoms with van der Waals surface area (Å²) in [5, 5.41) is 15.2. The summed E-state index contributed by atoms with van der Waals surface area (Å²) in [6.45, 7) is 5.42. The van der Waals surface area contributed by atoms with Gasteiger partial charge in [-0.2, -0.15) is 8.78 Å². The molecule has 0 aliphatic carbocycles. The van der Waals surface area contributed by atoms with Crippen molar-refractivity contribution in [1.29, 1.82) is 0 Å². The van der Waals surface area contributed by atoms with Crippen LogP contribution >= 0.6 is 0 Å². The van der Waals surface area contributed by atoms with Crippen molar-refractivity contribution in [3.8, 4) is 0 Å². The lowest BCUT2D eigenvalue weighted by molar-refractivity contribution is -0.158. The summed E-state index contributed by atoms with van der Waals surface area (Å²) in [4.78, 5) is 52.5. The summed E-state index contributed by atoms with van der Waals surface area (Å²) < 4.78 is 33.9. The molecule has 0 radical (unpaired) electrons. The molecule has 0 unspecified atom stereocenters. The maximum atomic E-state index is 13.6. The molecule has 1 aliphatic rings. The first-order valence-electron chi connectivity index (χ1n) is 13.6. The van der Waals surface area contributed by atoms with Crippen molar-refractivity contribution in [2.24, 2.45) is 17.8 Å². The van der Waals surface area contributed by atoms with Crippen molar-refractivity contribution in [1.82, 2.24) is 10.6 Å². The Hall–Kier alpha value is -2.76. The van der Waals surface area contributed by atoms with Crippen molar-refractivity contribution < 1.29 is 42.5 Å². The summed E-state index contributed by atoms with van der Waals surface area (Å²) in [5.74, 6) is -2.96. The lowest BCUT2D eigenvalue weighted by Gasteiger charge is -2.26. The summed E-state index contributed by atoms with van der Waals surface area (Å²) >= 11 is 0. The Labute approximate surface area is 234 Å². The van der Waals surface area contributed by atoms with Crippen molar-refractivity contribution >= 4 is 23.4 Å². The number of halogens is 2. The number of ketones is 2. The number of aliphatic hydroxyl groups is 1. The second-order valence-corrected chi connectivity index (χ2v) is 11.4. The van der Waals surface area contributed by atoms with Gasteiger partial charge < -0.3 is 25.2 Å². The maximum Gasteiger partial charge on any atom is 0.345 e. The second-order valence-electron chi connectivity index (χ2n) is 11.4. The van der Waals surface area contributed by atoms with Crippen LogP contribution in [0, 0.1) is 17.8 Å². The average Bonchev–Trinajstić information content (AvgIpc) is 3.63. The molecule has 1 heterocycles. The Morgan fingerprint density at radius 3 is 2.05 bits per heavy atom. The Balaban J connectivity index is 2.23. The average molecular weight is 569 g/mol. The number of ether oxygens (including phenoxy) is 2. The van der Waals surface area contributed by atoms with Gasteiger partial charge in [0.1, 0.15) is 5.60 Å². The van der Waals surface area contributed by atoms with E-state index in [9.17, 15) is 33.1 Å². The largest absolute Gasteiger partial charge is 0.381 e. The first-order valence-corrected chi connectivity index (χ1v) is 13.6. The first kappa shape index (κ1) is 33.4. The molecule has 0 aromatic heterocycles. The van der Waals surface area contributed by atoms with E-state index in [1.165, 1.54) is 0 Å². The summed E-state index contributed by atoms with van der Waals surface area (Å²) in [6, 6.07) is 7.26. The molecule has 1 fully saturated rings. The minimum absolute atomic E-state index is 0.0440. The van der Waals surface area contributed by atoms with Gasteiger partial charge in [0.05, 0.1) is 25.3 Å². The van der Waals surface area contributed by atoms with Crippen molar-refractivity contribution in [2.75, 3.05) is 13.2 Å². The number of rotatable bonds is 18. The minimum atomic E-state index is -3.16. The molecule has 0 bridgehead atoms. The number of hydrogen-bond acceptors (Lipinski definition) is 7. The standard InChI is InChI=1S/C29H42F2N2O7/c1-17(2)11-21(32-27(38)24(35)15-39-28(30)31)23(34)14-20(13-19-9-7-6-8-10-19)26(37)33-22(12-18(3)4)25(36)29(5)16-40-29/h6-10,17-18,20-22,24,28,35H,11-16H2,1-5H3,(H,32,38)(H,33,37)/t20-,21+,22+,24+,29-/m1/s1. The fourth-order valence-corrected chi connectivity index (χ4v) is 4.40. The van der Waals surface area contributed by atoms with Crippen LogP contribution in [0.5, 0.6) is 0 Å². The van der Waals surface area contributed by atoms with E-state index in [1.807, 2.05) is 58.0 Å². The molecular weight excluding hydrogens is 526 g/mol. The fraction of sp³-hybridized carbons (Fsp3) is 0.655. The molecule has 2 amide bonds. The van der Waals surface area contributed by atoms with Crippen LogP contribution in [-0.4, -0.2) is 72.1 Å². The topological polar surface area (TPSA) is 134 Å². The van der Waals surface area contributed by atoms with Crippen LogP contribution in [0.25, 0.3) is 0 Å². The van der Waals surface area contributed by atoms with Gasteiger partial charge in [0, 0.05) is 12.3 Å². The molecule has 1 saturated heterocycles. The van der Waals surface area contributed by atoms with Crippen molar-refractivity contribution in [3.05, 3.63) is 35.9 Å². The molecule has 5 atom stereocenters. The third kappa shape index (κ3) is 11.0. The normalized spacial score (nSPS) is 19.7. The molecule has 2 rings (SSSR count). The zero-order valence-electron chi connectivity index (χ0n) is 23.8. The van der Waals surface area contributed by atoms with E-state index < -0.39 is 60.5 Å².